The van der Waals surface area contributed by atoms with Crippen LogP contribution in [0.2, 0.25) is 0 Å². The van der Waals surface area contributed by atoms with Crippen LogP contribution in [0.25, 0.3) is 0 Å². The normalized spacial score (nSPS) is 20.4. The van der Waals surface area contributed by atoms with E-state index in [1.807, 2.05) is 12.1 Å². The third-order valence-corrected chi connectivity index (χ3v) is 3.83. The van der Waals surface area contributed by atoms with E-state index in [0.717, 1.165) is 24.2 Å². The molecule has 0 N–H and O–H groups in total. The fraction of sp³-hybridized carbons (Fsp3) is 0.533. The van der Waals surface area contributed by atoms with Crippen molar-refractivity contribution in [1.82, 2.24) is 0 Å². The molecule has 0 amide bonds. The van der Waals surface area contributed by atoms with Crippen LogP contribution in [0.1, 0.15) is 54.4 Å². The molecule has 0 radical (unpaired) electrons. The van der Waals surface area contributed by atoms with Crippen LogP contribution in [0, 0.1) is 0 Å². The highest BCUT2D eigenvalue weighted by Crippen LogP contribution is 2.28. The molecule has 0 bridgehead atoms. The van der Waals surface area contributed by atoms with Crippen molar-refractivity contribution in [3.8, 4) is 5.75 Å². The summed E-state index contributed by atoms with van der Waals surface area (Å²) in [5.74, 6) is 1.24. The van der Waals surface area contributed by atoms with Crippen molar-refractivity contribution in [2.45, 2.75) is 51.0 Å². The number of carbonyl (C=O) groups excluding carboxylic acids is 1. The molecule has 0 aliphatic heterocycles. The number of carbonyl (C=O) groups is 1. The van der Waals surface area contributed by atoms with E-state index in [9.17, 15) is 4.79 Å². The lowest BCUT2D eigenvalue weighted by Gasteiger charge is -2.18. The van der Waals surface area contributed by atoms with Crippen molar-refractivity contribution >= 4 is 5.78 Å². The predicted octanol–water partition coefficient (Wildman–Crippen LogP) is 3.53. The summed E-state index contributed by atoms with van der Waals surface area (Å²) in [4.78, 5) is 11.7. The van der Waals surface area contributed by atoms with Gasteiger partial charge in [-0.2, -0.15) is 0 Å². The average Bonchev–Trinajstić information content (AvgIpc) is 2.82. The van der Waals surface area contributed by atoms with E-state index in [0.29, 0.717) is 18.3 Å². The molecule has 1 aromatic rings. The molecule has 1 aromatic carbocycles. The molecule has 0 saturated heterocycles. The first-order valence-corrected chi connectivity index (χ1v) is 6.66. The second kappa shape index (κ2) is 4.52. The van der Waals surface area contributed by atoms with E-state index in [4.69, 9.17) is 4.74 Å². The summed E-state index contributed by atoms with van der Waals surface area (Å²) in [5, 5.41) is 0. The van der Waals surface area contributed by atoms with E-state index in [-0.39, 0.29) is 0 Å². The third-order valence-electron chi connectivity index (χ3n) is 3.83. The molecule has 2 heteroatoms. The van der Waals surface area contributed by atoms with Crippen LogP contribution in [0.5, 0.6) is 5.75 Å². The van der Waals surface area contributed by atoms with E-state index in [1.54, 1.807) is 0 Å². The van der Waals surface area contributed by atoms with E-state index in [2.05, 4.69) is 6.07 Å². The Balaban J connectivity index is 1.80. The molecule has 0 unspecified atom stereocenters. The largest absolute Gasteiger partial charge is 0.490 e. The number of aryl methyl sites for hydroxylation is 1. The zero-order valence-electron chi connectivity index (χ0n) is 10.1. The van der Waals surface area contributed by atoms with Gasteiger partial charge >= 0.3 is 0 Å². The third kappa shape index (κ3) is 2.21. The molecule has 3 rings (SSSR count). The van der Waals surface area contributed by atoms with Crippen LogP contribution in [0.15, 0.2) is 18.2 Å². The smallest absolute Gasteiger partial charge is 0.163 e. The van der Waals surface area contributed by atoms with Gasteiger partial charge in [-0.15, -0.1) is 0 Å². The average molecular weight is 230 g/mol. The Bertz CT molecular complexity index is 431. The molecular formula is C15H18O2. The SMILES string of the molecule is O=C1CCCc2cc(OC3CCCC3)ccc21. The molecule has 17 heavy (non-hydrogen) atoms. The minimum Gasteiger partial charge on any atom is -0.490 e. The van der Waals surface area contributed by atoms with Gasteiger partial charge in [-0.25, -0.2) is 0 Å². The molecule has 2 aliphatic rings. The molecule has 0 spiro atoms. The number of ketones is 1. The lowest BCUT2D eigenvalue weighted by atomic mass is 9.90. The van der Waals surface area contributed by atoms with Crippen molar-refractivity contribution in [2.75, 3.05) is 0 Å². The summed E-state index contributed by atoms with van der Waals surface area (Å²) in [6, 6.07) is 5.98. The van der Waals surface area contributed by atoms with Gasteiger partial charge in [0.2, 0.25) is 0 Å². The summed E-state index contributed by atoms with van der Waals surface area (Å²) in [5.41, 5.74) is 2.09. The highest BCUT2D eigenvalue weighted by molar-refractivity contribution is 5.98. The van der Waals surface area contributed by atoms with Gasteiger partial charge in [0.25, 0.3) is 0 Å². The van der Waals surface area contributed by atoms with Crippen molar-refractivity contribution in [3.05, 3.63) is 29.3 Å². The van der Waals surface area contributed by atoms with Gasteiger partial charge in [0.15, 0.2) is 5.78 Å². The zero-order chi connectivity index (χ0) is 11.7. The van der Waals surface area contributed by atoms with Gasteiger partial charge in [0.05, 0.1) is 6.10 Å². The maximum absolute atomic E-state index is 11.7. The molecule has 1 fully saturated rings. The maximum atomic E-state index is 11.7. The lowest BCUT2D eigenvalue weighted by molar-refractivity contribution is 0.0972. The Hall–Kier alpha value is -1.31. The second-order valence-electron chi connectivity index (χ2n) is 5.12. The van der Waals surface area contributed by atoms with Crippen molar-refractivity contribution < 1.29 is 9.53 Å². The van der Waals surface area contributed by atoms with Crippen LogP contribution in [0.4, 0.5) is 0 Å². The Morgan fingerprint density at radius 1 is 1.06 bits per heavy atom. The number of ether oxygens (including phenoxy) is 1. The highest BCUT2D eigenvalue weighted by atomic mass is 16.5. The van der Waals surface area contributed by atoms with Gasteiger partial charge in [-0.3, -0.25) is 4.79 Å². The predicted molar refractivity (Wildman–Crippen MR) is 66.6 cm³/mol. The zero-order valence-corrected chi connectivity index (χ0v) is 10.1. The van der Waals surface area contributed by atoms with Gasteiger partial charge in [0.1, 0.15) is 5.75 Å². The molecule has 0 atom stereocenters. The van der Waals surface area contributed by atoms with E-state index in [1.165, 1.54) is 31.2 Å². The number of Topliss-reactive ketones (excluding diaryl/α,β-unsaturated/α-hetero) is 1. The summed E-state index contributed by atoms with van der Waals surface area (Å²) in [6.07, 6.45) is 8.03. The quantitative estimate of drug-likeness (QED) is 0.777. The lowest BCUT2D eigenvalue weighted by Crippen LogP contribution is -2.13. The van der Waals surface area contributed by atoms with E-state index >= 15 is 0 Å². The molecule has 2 aliphatic carbocycles. The first-order chi connectivity index (χ1) is 8.33. The van der Waals surface area contributed by atoms with Crippen molar-refractivity contribution in [1.29, 1.82) is 0 Å². The summed E-state index contributed by atoms with van der Waals surface area (Å²) in [6.45, 7) is 0. The van der Waals surface area contributed by atoms with Crippen LogP contribution in [-0.4, -0.2) is 11.9 Å². The number of rotatable bonds is 2. The molecule has 0 heterocycles. The first-order valence-electron chi connectivity index (χ1n) is 6.66. The number of hydrogen-bond donors (Lipinski definition) is 0. The number of benzene rings is 1. The van der Waals surface area contributed by atoms with Crippen LogP contribution >= 0.6 is 0 Å². The first kappa shape index (κ1) is 10.8. The summed E-state index contributed by atoms with van der Waals surface area (Å²) < 4.78 is 5.97. The van der Waals surface area contributed by atoms with Crippen LogP contribution in [0.3, 0.4) is 0 Å². The Labute approximate surface area is 102 Å². The Morgan fingerprint density at radius 2 is 1.88 bits per heavy atom. The molecule has 90 valence electrons. The van der Waals surface area contributed by atoms with Crippen molar-refractivity contribution in [3.63, 3.8) is 0 Å². The van der Waals surface area contributed by atoms with Crippen LogP contribution in [-0.2, 0) is 6.42 Å². The molecular weight excluding hydrogens is 212 g/mol. The fourth-order valence-corrected chi connectivity index (χ4v) is 2.89. The van der Waals surface area contributed by atoms with Crippen molar-refractivity contribution in [2.24, 2.45) is 0 Å². The molecule has 0 aromatic heterocycles. The van der Waals surface area contributed by atoms with Crippen LogP contribution < -0.4 is 4.74 Å². The second-order valence-corrected chi connectivity index (χ2v) is 5.12. The fourth-order valence-electron chi connectivity index (χ4n) is 2.89. The Kier molecular flexibility index (Phi) is 2.87. The summed E-state index contributed by atoms with van der Waals surface area (Å²) >= 11 is 0. The standard InChI is InChI=1S/C15H18O2/c16-15-7-3-4-11-10-13(8-9-14(11)15)17-12-5-1-2-6-12/h8-10,12H,1-7H2. The van der Waals surface area contributed by atoms with E-state index < -0.39 is 0 Å². The Morgan fingerprint density at radius 3 is 2.71 bits per heavy atom. The minimum atomic E-state index is 0.290. The minimum absolute atomic E-state index is 0.290. The maximum Gasteiger partial charge on any atom is 0.163 e. The van der Waals surface area contributed by atoms with Gasteiger partial charge < -0.3 is 4.74 Å². The molecule has 2 nitrogen and oxygen atoms in total. The summed E-state index contributed by atoms with van der Waals surface area (Å²) in [7, 11) is 0. The van der Waals surface area contributed by atoms with Gasteiger partial charge in [-0.05, 0) is 62.3 Å². The highest BCUT2D eigenvalue weighted by Gasteiger charge is 2.20. The topological polar surface area (TPSA) is 26.3 Å². The number of fused-ring (bicyclic) bond motifs is 1. The van der Waals surface area contributed by atoms with Gasteiger partial charge in [-0.1, -0.05) is 0 Å². The molecule has 1 saturated carbocycles. The van der Waals surface area contributed by atoms with Gasteiger partial charge in [0, 0.05) is 12.0 Å². The monoisotopic (exact) mass is 230 g/mol. The number of hydrogen-bond acceptors (Lipinski definition) is 2.